The molecule has 2 fully saturated rings. The maximum Gasteiger partial charge on any atom is 0.290 e. The van der Waals surface area contributed by atoms with Gasteiger partial charge < -0.3 is 34.7 Å². The van der Waals surface area contributed by atoms with Crippen LogP contribution in [-0.4, -0.2) is 86.2 Å². The Bertz CT molecular complexity index is 857. The molecule has 4 rings (SSSR count). The number of rotatable bonds is 4. The molecule has 170 valence electrons. The summed E-state index contributed by atoms with van der Waals surface area (Å²) in [5, 5.41) is 27.8. The average molecular weight is 435 g/mol. The Morgan fingerprint density at radius 1 is 1.35 bits per heavy atom. The molecule has 2 saturated heterocycles. The number of piperidine rings is 1. The standard InChI is InChI=1S/C20H27N3O5.CH2O2/c1-19(26)8-11-28-20(18(19)25)6-9-23(10-7-20)17(24)13-27-12-16-21-14-4-2-3-5-15(14)22-16;2-1-3/h2-5,18,25-26H,6-13H2,1H3,(H,21,22);1H,(H,2,3)/t18-,19+;/m0./s1. The van der Waals surface area contributed by atoms with Crippen molar-refractivity contribution in [2.24, 2.45) is 0 Å². The van der Waals surface area contributed by atoms with Crippen molar-refractivity contribution in [3.8, 4) is 0 Å². The average Bonchev–Trinajstić information content (AvgIpc) is 3.16. The topological polar surface area (TPSA) is 145 Å². The van der Waals surface area contributed by atoms with E-state index < -0.39 is 17.3 Å². The number of amides is 1. The number of aliphatic hydroxyl groups excluding tert-OH is 1. The van der Waals surface area contributed by atoms with E-state index in [4.69, 9.17) is 19.4 Å². The molecule has 0 radical (unpaired) electrons. The number of nitrogens with zero attached hydrogens (tertiary/aromatic N) is 2. The van der Waals surface area contributed by atoms with Crippen molar-refractivity contribution >= 4 is 23.4 Å². The van der Waals surface area contributed by atoms with Crippen LogP contribution in [0.4, 0.5) is 0 Å². The number of aromatic amines is 1. The smallest absolute Gasteiger partial charge is 0.290 e. The molecule has 1 aromatic carbocycles. The number of H-pyrrole nitrogens is 1. The number of benzene rings is 1. The van der Waals surface area contributed by atoms with Crippen LogP contribution in [0.25, 0.3) is 11.0 Å². The zero-order chi connectivity index (χ0) is 22.5. The number of para-hydroxylation sites is 2. The Kier molecular flexibility index (Phi) is 7.26. The van der Waals surface area contributed by atoms with Crippen molar-refractivity contribution < 1.29 is 34.4 Å². The van der Waals surface area contributed by atoms with Crippen LogP contribution >= 0.6 is 0 Å². The summed E-state index contributed by atoms with van der Waals surface area (Å²) in [6, 6.07) is 7.72. The number of aromatic nitrogens is 2. The normalized spacial score (nSPS) is 25.1. The van der Waals surface area contributed by atoms with Gasteiger partial charge in [-0.1, -0.05) is 12.1 Å². The molecule has 1 amide bonds. The zero-order valence-corrected chi connectivity index (χ0v) is 17.5. The lowest BCUT2D eigenvalue weighted by Gasteiger charge is -2.51. The number of nitrogens with one attached hydrogen (secondary N) is 1. The largest absolute Gasteiger partial charge is 0.483 e. The molecule has 2 aliphatic rings. The first-order valence-electron chi connectivity index (χ1n) is 10.2. The Morgan fingerprint density at radius 3 is 2.71 bits per heavy atom. The fourth-order valence-corrected chi connectivity index (χ4v) is 4.20. The van der Waals surface area contributed by atoms with E-state index in [1.54, 1.807) is 11.8 Å². The molecule has 3 heterocycles. The van der Waals surface area contributed by atoms with Crippen LogP contribution in [0.1, 0.15) is 32.0 Å². The van der Waals surface area contributed by atoms with Gasteiger partial charge in [0.2, 0.25) is 5.91 Å². The third-order valence-electron chi connectivity index (χ3n) is 5.95. The van der Waals surface area contributed by atoms with Crippen molar-refractivity contribution in [1.82, 2.24) is 14.9 Å². The second kappa shape index (κ2) is 9.73. The molecule has 4 N–H and O–H groups in total. The van der Waals surface area contributed by atoms with Crippen molar-refractivity contribution in [3.63, 3.8) is 0 Å². The molecule has 2 atom stereocenters. The number of hydrogen-bond acceptors (Lipinski definition) is 7. The van der Waals surface area contributed by atoms with Gasteiger partial charge >= 0.3 is 0 Å². The van der Waals surface area contributed by atoms with Crippen LogP contribution in [0, 0.1) is 0 Å². The number of hydrogen-bond donors (Lipinski definition) is 4. The third kappa shape index (κ3) is 5.21. The van der Waals surface area contributed by atoms with E-state index in [1.165, 1.54) is 0 Å². The van der Waals surface area contributed by atoms with Crippen LogP contribution in [0.15, 0.2) is 24.3 Å². The zero-order valence-electron chi connectivity index (χ0n) is 17.5. The summed E-state index contributed by atoms with van der Waals surface area (Å²) in [4.78, 5) is 30.1. The Labute approximate surface area is 179 Å². The molecule has 10 nitrogen and oxygen atoms in total. The van der Waals surface area contributed by atoms with Gasteiger partial charge in [0.25, 0.3) is 6.47 Å². The Balaban J connectivity index is 0.000000858. The summed E-state index contributed by atoms with van der Waals surface area (Å²) in [6.07, 6.45) is 0.461. The van der Waals surface area contributed by atoms with Crippen LogP contribution in [-0.2, 0) is 25.7 Å². The summed E-state index contributed by atoms with van der Waals surface area (Å²) in [5.41, 5.74) is -0.111. The number of ether oxygens (including phenoxy) is 2. The first kappa shape index (κ1) is 23.1. The highest BCUT2D eigenvalue weighted by molar-refractivity contribution is 5.77. The monoisotopic (exact) mass is 435 g/mol. The minimum atomic E-state index is -1.15. The molecular formula is C21H29N3O7. The molecule has 0 unspecified atom stereocenters. The fraction of sp³-hybridized carbons (Fsp3) is 0.571. The molecule has 1 aromatic heterocycles. The maximum atomic E-state index is 12.5. The lowest BCUT2D eigenvalue weighted by atomic mass is 9.75. The van der Waals surface area contributed by atoms with Crippen molar-refractivity contribution in [2.75, 3.05) is 26.3 Å². The molecule has 10 heteroatoms. The van der Waals surface area contributed by atoms with E-state index in [0.29, 0.717) is 44.8 Å². The van der Waals surface area contributed by atoms with E-state index >= 15 is 0 Å². The second-order valence-corrected chi connectivity index (χ2v) is 8.10. The van der Waals surface area contributed by atoms with Gasteiger partial charge in [-0.05, 0) is 31.9 Å². The van der Waals surface area contributed by atoms with E-state index in [0.717, 1.165) is 11.0 Å². The van der Waals surface area contributed by atoms with Gasteiger partial charge in [0.1, 0.15) is 30.7 Å². The third-order valence-corrected chi connectivity index (χ3v) is 5.95. The van der Waals surface area contributed by atoms with E-state index in [-0.39, 0.29) is 25.6 Å². The predicted octanol–water partition coefficient (Wildman–Crippen LogP) is 0.674. The lowest BCUT2D eigenvalue weighted by Crippen LogP contribution is -2.64. The van der Waals surface area contributed by atoms with Crippen LogP contribution < -0.4 is 0 Å². The van der Waals surface area contributed by atoms with E-state index in [1.807, 2.05) is 24.3 Å². The number of carbonyl (C=O) groups excluding carboxylic acids is 1. The quantitative estimate of drug-likeness (QED) is 0.513. The lowest BCUT2D eigenvalue weighted by molar-refractivity contribution is -0.245. The van der Waals surface area contributed by atoms with E-state index in [2.05, 4.69) is 9.97 Å². The number of imidazole rings is 1. The predicted molar refractivity (Wildman–Crippen MR) is 110 cm³/mol. The maximum absolute atomic E-state index is 12.5. The molecule has 2 aromatic rings. The van der Waals surface area contributed by atoms with Crippen molar-refractivity contribution in [3.05, 3.63) is 30.1 Å². The first-order valence-corrected chi connectivity index (χ1v) is 10.2. The summed E-state index contributed by atoms with van der Waals surface area (Å²) < 4.78 is 11.4. The second-order valence-electron chi connectivity index (χ2n) is 8.10. The summed E-state index contributed by atoms with van der Waals surface area (Å²) >= 11 is 0. The molecule has 2 aliphatic heterocycles. The molecule has 0 aliphatic carbocycles. The number of likely N-dealkylation sites (tertiary alicyclic amines) is 1. The number of carbonyl (C=O) groups is 2. The molecule has 0 saturated carbocycles. The highest BCUT2D eigenvalue weighted by Crippen LogP contribution is 2.39. The minimum absolute atomic E-state index is 0.0226. The number of fused-ring (bicyclic) bond motifs is 1. The highest BCUT2D eigenvalue weighted by Gasteiger charge is 2.52. The van der Waals surface area contributed by atoms with Crippen LogP contribution in [0.5, 0.6) is 0 Å². The summed E-state index contributed by atoms with van der Waals surface area (Å²) in [5.74, 6) is 0.593. The van der Waals surface area contributed by atoms with Gasteiger partial charge in [-0.3, -0.25) is 9.59 Å². The van der Waals surface area contributed by atoms with Gasteiger partial charge in [-0.15, -0.1) is 0 Å². The van der Waals surface area contributed by atoms with Gasteiger partial charge in [0.15, 0.2) is 0 Å². The Hall–Kier alpha value is -2.53. The van der Waals surface area contributed by atoms with Gasteiger partial charge in [-0.25, -0.2) is 4.98 Å². The molecule has 0 bridgehead atoms. The van der Waals surface area contributed by atoms with Crippen molar-refractivity contribution in [2.45, 2.75) is 50.1 Å². The van der Waals surface area contributed by atoms with Crippen LogP contribution in [0.2, 0.25) is 0 Å². The van der Waals surface area contributed by atoms with Gasteiger partial charge in [0.05, 0.1) is 23.2 Å². The highest BCUT2D eigenvalue weighted by atomic mass is 16.5. The SMILES string of the molecule is C[C@@]1(O)CCOC2(CCN(C(=O)COCc3nc4ccccc4[nH]3)CC2)[C@H]1O.O=CO. The molecule has 31 heavy (non-hydrogen) atoms. The minimum Gasteiger partial charge on any atom is -0.483 e. The molecular weight excluding hydrogens is 406 g/mol. The van der Waals surface area contributed by atoms with Crippen LogP contribution in [0.3, 0.4) is 0 Å². The summed E-state index contributed by atoms with van der Waals surface area (Å²) in [7, 11) is 0. The first-order chi connectivity index (χ1) is 14.8. The summed E-state index contributed by atoms with van der Waals surface area (Å²) in [6.45, 7) is 2.97. The number of aliphatic hydroxyl groups is 2. The Morgan fingerprint density at radius 2 is 2.03 bits per heavy atom. The van der Waals surface area contributed by atoms with Gasteiger partial charge in [-0.2, -0.15) is 0 Å². The van der Waals surface area contributed by atoms with Gasteiger partial charge in [0, 0.05) is 19.5 Å². The van der Waals surface area contributed by atoms with Crippen molar-refractivity contribution in [1.29, 1.82) is 0 Å². The van der Waals surface area contributed by atoms with E-state index in [9.17, 15) is 15.0 Å². The molecule has 1 spiro atoms. The number of carboxylic acid groups (broad SMARTS) is 1. The fourth-order valence-electron chi connectivity index (χ4n) is 4.20.